The van der Waals surface area contributed by atoms with E-state index in [1.54, 1.807) is 6.21 Å². The van der Waals surface area contributed by atoms with Crippen LogP contribution < -0.4 is 10.3 Å². The molecule has 0 spiro atoms. The molecule has 8 heteroatoms. The number of nitrogens with one attached hydrogen (secondary N) is 2. The SMILES string of the molecule is Cc1cc(/C=N/NC(=O)c2sc(N3CCOCC3)nc2C)c(C)[nH]1. The number of morpholine rings is 1. The highest BCUT2D eigenvalue weighted by atomic mass is 32.1. The van der Waals surface area contributed by atoms with Crippen LogP contribution in [0.25, 0.3) is 0 Å². The summed E-state index contributed by atoms with van der Waals surface area (Å²) in [5.41, 5.74) is 6.36. The number of hydrogen-bond donors (Lipinski definition) is 2. The maximum atomic E-state index is 12.3. The number of anilines is 1. The molecule has 2 N–H and O–H groups in total. The highest BCUT2D eigenvalue weighted by molar-refractivity contribution is 7.17. The van der Waals surface area contributed by atoms with Gasteiger partial charge < -0.3 is 14.6 Å². The molecule has 0 atom stereocenters. The molecule has 3 rings (SSSR count). The first-order valence-electron chi connectivity index (χ1n) is 7.84. The monoisotopic (exact) mass is 347 g/mol. The number of aromatic amines is 1. The van der Waals surface area contributed by atoms with Crippen LogP contribution in [0.3, 0.4) is 0 Å². The van der Waals surface area contributed by atoms with E-state index in [1.165, 1.54) is 11.3 Å². The van der Waals surface area contributed by atoms with E-state index in [1.807, 2.05) is 26.8 Å². The molecule has 1 aliphatic rings. The first-order valence-corrected chi connectivity index (χ1v) is 8.66. The van der Waals surface area contributed by atoms with E-state index in [2.05, 4.69) is 25.4 Å². The lowest BCUT2D eigenvalue weighted by molar-refractivity contribution is 0.0958. The second kappa shape index (κ2) is 7.14. The molecule has 2 aromatic rings. The van der Waals surface area contributed by atoms with Crippen molar-refractivity contribution in [2.24, 2.45) is 5.10 Å². The van der Waals surface area contributed by atoms with Crippen LogP contribution in [0.2, 0.25) is 0 Å². The summed E-state index contributed by atoms with van der Waals surface area (Å²) in [4.78, 5) is 22.8. The second-order valence-corrected chi connectivity index (χ2v) is 6.72. The number of carbonyl (C=O) groups is 1. The van der Waals surface area contributed by atoms with Crippen LogP contribution in [0.15, 0.2) is 11.2 Å². The Labute approximate surface area is 144 Å². The number of H-pyrrole nitrogens is 1. The Bertz CT molecular complexity index is 759. The second-order valence-electron chi connectivity index (χ2n) is 5.74. The van der Waals surface area contributed by atoms with E-state index in [4.69, 9.17) is 4.74 Å². The fourth-order valence-corrected chi connectivity index (χ4v) is 3.58. The molecule has 1 aliphatic heterocycles. The maximum absolute atomic E-state index is 12.3. The molecule has 1 amide bonds. The summed E-state index contributed by atoms with van der Waals surface area (Å²) in [5, 5.41) is 4.92. The van der Waals surface area contributed by atoms with Crippen molar-refractivity contribution in [3.63, 3.8) is 0 Å². The van der Waals surface area contributed by atoms with E-state index < -0.39 is 0 Å². The zero-order valence-electron chi connectivity index (χ0n) is 14.0. The average molecular weight is 347 g/mol. The van der Waals surface area contributed by atoms with Gasteiger partial charge in [-0.05, 0) is 26.8 Å². The lowest BCUT2D eigenvalue weighted by Gasteiger charge is -2.25. The molecular weight excluding hydrogens is 326 g/mol. The Balaban J connectivity index is 1.66. The molecule has 7 nitrogen and oxygen atoms in total. The number of aromatic nitrogens is 2. The van der Waals surface area contributed by atoms with Gasteiger partial charge in [0.2, 0.25) is 0 Å². The minimum atomic E-state index is -0.231. The molecule has 0 radical (unpaired) electrons. The van der Waals surface area contributed by atoms with Crippen molar-refractivity contribution < 1.29 is 9.53 Å². The fourth-order valence-electron chi connectivity index (χ4n) is 2.57. The van der Waals surface area contributed by atoms with Crippen molar-refractivity contribution in [1.29, 1.82) is 0 Å². The Morgan fingerprint density at radius 1 is 1.42 bits per heavy atom. The average Bonchev–Trinajstić information content (AvgIpc) is 3.10. The van der Waals surface area contributed by atoms with Crippen LogP contribution in [-0.4, -0.2) is 48.4 Å². The number of carbonyl (C=O) groups excluding carboxylic acids is 1. The third-order valence-corrected chi connectivity index (χ3v) is 5.05. The van der Waals surface area contributed by atoms with Crippen molar-refractivity contribution in [3.8, 4) is 0 Å². The van der Waals surface area contributed by atoms with Crippen LogP contribution in [-0.2, 0) is 4.74 Å². The van der Waals surface area contributed by atoms with Crippen LogP contribution in [0, 0.1) is 20.8 Å². The van der Waals surface area contributed by atoms with E-state index in [-0.39, 0.29) is 5.91 Å². The highest BCUT2D eigenvalue weighted by Gasteiger charge is 2.20. The van der Waals surface area contributed by atoms with Crippen LogP contribution in [0.1, 0.15) is 32.3 Å². The fraction of sp³-hybridized carbons (Fsp3) is 0.438. The zero-order valence-corrected chi connectivity index (χ0v) is 14.9. The Morgan fingerprint density at radius 3 is 2.83 bits per heavy atom. The van der Waals surface area contributed by atoms with Gasteiger partial charge in [-0.15, -0.1) is 0 Å². The van der Waals surface area contributed by atoms with Crippen molar-refractivity contribution >= 4 is 28.6 Å². The van der Waals surface area contributed by atoms with Gasteiger partial charge in [0.1, 0.15) is 4.88 Å². The number of rotatable bonds is 4. The quantitative estimate of drug-likeness (QED) is 0.655. The van der Waals surface area contributed by atoms with E-state index in [0.29, 0.717) is 18.1 Å². The third kappa shape index (κ3) is 3.65. The number of ether oxygens (including phenoxy) is 1. The van der Waals surface area contributed by atoms with Gasteiger partial charge in [0.05, 0.1) is 25.1 Å². The first-order chi connectivity index (χ1) is 11.5. The minimum Gasteiger partial charge on any atom is -0.378 e. The molecule has 0 aromatic carbocycles. The number of hydrazone groups is 1. The summed E-state index contributed by atoms with van der Waals surface area (Å²) >= 11 is 1.39. The Kier molecular flexibility index (Phi) is 4.96. The molecule has 1 saturated heterocycles. The summed E-state index contributed by atoms with van der Waals surface area (Å²) in [6.45, 7) is 8.80. The van der Waals surface area contributed by atoms with Gasteiger partial charge >= 0.3 is 0 Å². The first kappa shape index (κ1) is 16.7. The largest absolute Gasteiger partial charge is 0.378 e. The number of nitrogens with zero attached hydrogens (tertiary/aromatic N) is 3. The predicted molar refractivity (Wildman–Crippen MR) is 95.2 cm³/mol. The number of amides is 1. The van der Waals surface area contributed by atoms with Gasteiger partial charge in [0.25, 0.3) is 5.91 Å². The molecule has 128 valence electrons. The lowest BCUT2D eigenvalue weighted by atomic mass is 10.3. The van der Waals surface area contributed by atoms with Gasteiger partial charge in [-0.1, -0.05) is 11.3 Å². The Hall–Kier alpha value is -2.19. The van der Waals surface area contributed by atoms with E-state index in [0.717, 1.165) is 40.9 Å². The predicted octanol–water partition coefficient (Wildman–Crippen LogP) is 2.00. The van der Waals surface area contributed by atoms with Gasteiger partial charge in [-0.25, -0.2) is 10.4 Å². The van der Waals surface area contributed by atoms with Crippen molar-refractivity contribution in [1.82, 2.24) is 15.4 Å². The third-order valence-electron chi connectivity index (χ3n) is 3.83. The number of thiazole rings is 1. The smallest absolute Gasteiger partial charge is 0.283 e. The molecule has 0 unspecified atom stereocenters. The number of aryl methyl sites for hydroxylation is 3. The van der Waals surface area contributed by atoms with Gasteiger partial charge in [0, 0.05) is 30.0 Å². The van der Waals surface area contributed by atoms with Crippen LogP contribution in [0.4, 0.5) is 5.13 Å². The molecule has 24 heavy (non-hydrogen) atoms. The van der Waals surface area contributed by atoms with E-state index in [9.17, 15) is 4.79 Å². The van der Waals surface area contributed by atoms with Gasteiger partial charge in [0.15, 0.2) is 5.13 Å². The van der Waals surface area contributed by atoms with Crippen molar-refractivity contribution in [2.75, 3.05) is 31.2 Å². The Morgan fingerprint density at radius 2 is 2.17 bits per heavy atom. The molecule has 1 fully saturated rings. The van der Waals surface area contributed by atoms with E-state index >= 15 is 0 Å². The topological polar surface area (TPSA) is 82.6 Å². The summed E-state index contributed by atoms with van der Waals surface area (Å²) in [7, 11) is 0. The highest BCUT2D eigenvalue weighted by Crippen LogP contribution is 2.26. The summed E-state index contributed by atoms with van der Waals surface area (Å²) < 4.78 is 5.35. The normalized spacial score (nSPS) is 15.2. The van der Waals surface area contributed by atoms with Crippen molar-refractivity contribution in [2.45, 2.75) is 20.8 Å². The summed E-state index contributed by atoms with van der Waals surface area (Å²) in [6.07, 6.45) is 1.65. The summed E-state index contributed by atoms with van der Waals surface area (Å²) in [5.74, 6) is -0.231. The van der Waals surface area contributed by atoms with Gasteiger partial charge in [-0.2, -0.15) is 5.10 Å². The van der Waals surface area contributed by atoms with Crippen LogP contribution in [0.5, 0.6) is 0 Å². The molecule has 3 heterocycles. The standard InChI is InChI=1S/C16H21N5O2S/c1-10-8-13(11(2)18-10)9-17-20-15(22)14-12(3)19-16(24-14)21-4-6-23-7-5-21/h8-9,18H,4-7H2,1-3H3,(H,20,22)/b17-9+. The summed E-state index contributed by atoms with van der Waals surface area (Å²) in [6, 6.07) is 1.99. The minimum absolute atomic E-state index is 0.231. The maximum Gasteiger partial charge on any atom is 0.283 e. The molecule has 0 aliphatic carbocycles. The lowest BCUT2D eigenvalue weighted by Crippen LogP contribution is -2.36. The molecule has 2 aromatic heterocycles. The number of hydrogen-bond acceptors (Lipinski definition) is 6. The molecule has 0 bridgehead atoms. The molecule has 0 saturated carbocycles. The van der Waals surface area contributed by atoms with Crippen LogP contribution >= 0.6 is 11.3 Å². The van der Waals surface area contributed by atoms with Gasteiger partial charge in [-0.3, -0.25) is 4.79 Å². The zero-order chi connectivity index (χ0) is 17.1. The molecular formula is C16H21N5O2S. The van der Waals surface area contributed by atoms with Crippen molar-refractivity contribution in [3.05, 3.63) is 33.6 Å².